The van der Waals surface area contributed by atoms with Crippen molar-refractivity contribution < 1.29 is 14.7 Å². The molecule has 0 heterocycles. The molecule has 0 bridgehead atoms. The third-order valence-electron chi connectivity index (χ3n) is 1.71. The van der Waals surface area contributed by atoms with E-state index < -0.39 is 0 Å². The minimum atomic E-state index is 0.00551. The van der Waals surface area contributed by atoms with Gasteiger partial charge in [0.15, 0.2) is 16.7 Å². The predicted octanol–water partition coefficient (Wildman–Crippen LogP) is 2.08. The van der Waals surface area contributed by atoms with E-state index in [1.807, 2.05) is 0 Å². The summed E-state index contributed by atoms with van der Waals surface area (Å²) in [5.74, 6) is 1.13. The highest BCUT2D eigenvalue weighted by Crippen LogP contribution is 2.28. The number of hydrogen-bond donors (Lipinski definition) is 1. The summed E-state index contributed by atoms with van der Waals surface area (Å²) in [5, 5.41) is 11.3. The fraction of sp³-hybridized carbons (Fsp3) is 0.222. The van der Waals surface area contributed by atoms with Gasteiger partial charge in [-0.2, -0.15) is 0 Å². The summed E-state index contributed by atoms with van der Waals surface area (Å²) >= 11 is 5.62. The maximum atomic E-state index is 8.46. The van der Waals surface area contributed by atoms with Gasteiger partial charge in [0.05, 0.1) is 14.2 Å². The minimum Gasteiger partial charge on any atom is -0.493 e. The number of rotatable bonds is 3. The Bertz CT molecular complexity index is 352. The van der Waals surface area contributed by atoms with Crippen LogP contribution in [0.5, 0.6) is 11.5 Å². The molecule has 0 amide bonds. The van der Waals surface area contributed by atoms with Crippen molar-refractivity contribution in [3.8, 4) is 11.5 Å². The largest absolute Gasteiger partial charge is 0.493 e. The first-order valence-electron chi connectivity index (χ1n) is 3.83. The van der Waals surface area contributed by atoms with E-state index in [0.717, 1.165) is 0 Å². The van der Waals surface area contributed by atoms with Crippen LogP contribution >= 0.6 is 11.6 Å². The van der Waals surface area contributed by atoms with Gasteiger partial charge in [-0.3, -0.25) is 0 Å². The maximum absolute atomic E-state index is 8.46. The summed E-state index contributed by atoms with van der Waals surface area (Å²) in [7, 11) is 3.06. The first kappa shape index (κ1) is 10.7. The molecule has 0 fully saturated rings. The van der Waals surface area contributed by atoms with Gasteiger partial charge < -0.3 is 14.7 Å². The van der Waals surface area contributed by atoms with E-state index in [9.17, 15) is 0 Å². The molecule has 0 saturated heterocycles. The van der Waals surface area contributed by atoms with Crippen molar-refractivity contribution in [1.82, 2.24) is 0 Å². The van der Waals surface area contributed by atoms with Gasteiger partial charge in [0.25, 0.3) is 0 Å². The molecule has 1 aromatic rings. The smallest absolute Gasteiger partial charge is 0.175 e. The molecule has 0 spiro atoms. The number of ether oxygens (including phenoxy) is 2. The van der Waals surface area contributed by atoms with Crippen molar-refractivity contribution in [2.45, 2.75) is 0 Å². The molecule has 4 nitrogen and oxygen atoms in total. The Balaban J connectivity index is 3.14. The summed E-state index contributed by atoms with van der Waals surface area (Å²) in [6.07, 6.45) is 0. The summed E-state index contributed by atoms with van der Waals surface area (Å²) < 4.78 is 10.1. The van der Waals surface area contributed by atoms with E-state index in [2.05, 4.69) is 5.16 Å². The maximum Gasteiger partial charge on any atom is 0.175 e. The Morgan fingerprint density at radius 1 is 1.29 bits per heavy atom. The molecule has 0 radical (unpaired) electrons. The number of halogens is 1. The third-order valence-corrected chi connectivity index (χ3v) is 2.00. The Hall–Kier alpha value is -1.42. The van der Waals surface area contributed by atoms with Crippen LogP contribution in [0.4, 0.5) is 0 Å². The number of methoxy groups -OCH3 is 2. The summed E-state index contributed by atoms with van der Waals surface area (Å²) in [5.41, 5.74) is 0.562. The number of hydrogen-bond acceptors (Lipinski definition) is 4. The molecule has 1 N–H and O–H groups in total. The van der Waals surface area contributed by atoms with Crippen molar-refractivity contribution in [3.05, 3.63) is 23.8 Å². The first-order chi connectivity index (χ1) is 6.72. The molecular formula is C9H10ClNO3. The lowest BCUT2D eigenvalue weighted by atomic mass is 10.2. The molecular weight excluding hydrogens is 206 g/mol. The Kier molecular flexibility index (Phi) is 3.59. The molecule has 0 aliphatic heterocycles. The van der Waals surface area contributed by atoms with Crippen LogP contribution in [0.1, 0.15) is 5.56 Å². The highest BCUT2D eigenvalue weighted by atomic mass is 35.5. The van der Waals surface area contributed by atoms with E-state index >= 15 is 0 Å². The van der Waals surface area contributed by atoms with Gasteiger partial charge in [-0.05, 0) is 18.2 Å². The average molecular weight is 216 g/mol. The molecule has 0 atom stereocenters. The quantitative estimate of drug-likeness (QED) is 0.477. The average Bonchev–Trinajstić information content (AvgIpc) is 2.26. The molecule has 0 aliphatic carbocycles. The predicted molar refractivity (Wildman–Crippen MR) is 53.7 cm³/mol. The van der Waals surface area contributed by atoms with Gasteiger partial charge in [-0.25, -0.2) is 0 Å². The van der Waals surface area contributed by atoms with Crippen molar-refractivity contribution in [2.75, 3.05) is 14.2 Å². The van der Waals surface area contributed by atoms with Crippen LogP contribution < -0.4 is 9.47 Å². The molecule has 0 aliphatic rings. The topological polar surface area (TPSA) is 51.0 Å². The second-order valence-electron chi connectivity index (χ2n) is 2.46. The van der Waals surface area contributed by atoms with Crippen LogP contribution in [0.15, 0.2) is 23.4 Å². The monoisotopic (exact) mass is 215 g/mol. The van der Waals surface area contributed by atoms with Crippen LogP contribution in [0, 0.1) is 0 Å². The number of nitrogens with zero attached hydrogens (tertiary/aromatic N) is 1. The highest BCUT2D eigenvalue weighted by molar-refractivity contribution is 6.69. The van der Waals surface area contributed by atoms with Crippen LogP contribution in [0.3, 0.4) is 0 Å². The minimum absolute atomic E-state index is 0.00551. The Morgan fingerprint density at radius 2 is 1.93 bits per heavy atom. The van der Waals surface area contributed by atoms with E-state index in [1.54, 1.807) is 25.3 Å². The molecule has 1 rings (SSSR count). The lowest BCUT2D eigenvalue weighted by Crippen LogP contribution is -1.95. The van der Waals surface area contributed by atoms with E-state index in [4.69, 9.17) is 26.3 Å². The zero-order valence-electron chi connectivity index (χ0n) is 7.82. The normalized spacial score (nSPS) is 11.2. The molecule has 0 saturated carbocycles. The van der Waals surface area contributed by atoms with Crippen LogP contribution in [-0.4, -0.2) is 24.6 Å². The number of benzene rings is 1. The van der Waals surface area contributed by atoms with Crippen LogP contribution in [0.25, 0.3) is 0 Å². The SMILES string of the molecule is COc1ccc(C(Cl)=NO)cc1OC. The van der Waals surface area contributed by atoms with Crippen molar-refractivity contribution in [3.63, 3.8) is 0 Å². The molecule has 76 valence electrons. The lowest BCUT2D eigenvalue weighted by molar-refractivity contribution is 0.320. The van der Waals surface area contributed by atoms with Gasteiger partial charge in [0, 0.05) is 5.56 Å². The first-order valence-corrected chi connectivity index (χ1v) is 4.20. The Labute approximate surface area is 86.7 Å². The molecule has 0 aromatic heterocycles. The van der Waals surface area contributed by atoms with Crippen molar-refractivity contribution >= 4 is 16.8 Å². The number of oxime groups is 1. The van der Waals surface area contributed by atoms with E-state index in [-0.39, 0.29) is 5.17 Å². The van der Waals surface area contributed by atoms with E-state index in [0.29, 0.717) is 17.1 Å². The van der Waals surface area contributed by atoms with Gasteiger partial charge in [-0.1, -0.05) is 16.8 Å². The van der Waals surface area contributed by atoms with Crippen molar-refractivity contribution in [2.24, 2.45) is 5.16 Å². The standard InChI is InChI=1S/C9H10ClNO3/c1-13-7-4-3-6(9(10)11-12)5-8(7)14-2/h3-5,12H,1-2H3. The summed E-state index contributed by atoms with van der Waals surface area (Å²) in [4.78, 5) is 0. The van der Waals surface area contributed by atoms with Crippen molar-refractivity contribution in [1.29, 1.82) is 0 Å². The van der Waals surface area contributed by atoms with Gasteiger partial charge in [0.1, 0.15) is 0 Å². The lowest BCUT2D eigenvalue weighted by Gasteiger charge is -2.07. The van der Waals surface area contributed by atoms with E-state index in [1.165, 1.54) is 7.11 Å². The van der Waals surface area contributed by atoms with Crippen LogP contribution in [0.2, 0.25) is 0 Å². The zero-order chi connectivity index (χ0) is 10.6. The van der Waals surface area contributed by atoms with Crippen LogP contribution in [-0.2, 0) is 0 Å². The third kappa shape index (κ3) is 2.09. The second-order valence-corrected chi connectivity index (χ2v) is 2.82. The summed E-state index contributed by atoms with van der Waals surface area (Å²) in [6, 6.07) is 4.98. The summed E-state index contributed by atoms with van der Waals surface area (Å²) in [6.45, 7) is 0. The second kappa shape index (κ2) is 4.72. The molecule has 14 heavy (non-hydrogen) atoms. The fourth-order valence-corrected chi connectivity index (χ4v) is 1.14. The van der Waals surface area contributed by atoms with Gasteiger partial charge >= 0.3 is 0 Å². The van der Waals surface area contributed by atoms with Gasteiger partial charge in [0.2, 0.25) is 0 Å². The molecule has 0 unspecified atom stereocenters. The van der Waals surface area contributed by atoms with Gasteiger partial charge in [-0.15, -0.1) is 0 Å². The molecule has 1 aromatic carbocycles. The Morgan fingerprint density at radius 3 is 2.43 bits per heavy atom. The fourth-order valence-electron chi connectivity index (χ4n) is 1.02. The molecule has 5 heteroatoms. The highest BCUT2D eigenvalue weighted by Gasteiger charge is 2.07. The zero-order valence-corrected chi connectivity index (χ0v) is 8.58.